The largest absolute Gasteiger partial charge is 0.534 e. The van der Waals surface area contributed by atoms with E-state index in [1.807, 2.05) is 0 Å². The van der Waals surface area contributed by atoms with E-state index in [1.54, 1.807) is 0 Å². The topological polar surface area (TPSA) is 86.7 Å². The second-order valence-electron chi connectivity index (χ2n) is 5.72. The van der Waals surface area contributed by atoms with Crippen molar-refractivity contribution in [2.24, 2.45) is 0 Å². The number of rotatable bonds is 4. The zero-order valence-corrected chi connectivity index (χ0v) is 15.8. The van der Waals surface area contributed by atoms with Crippen molar-refractivity contribution in [2.75, 3.05) is 0 Å². The molecular weight excluding hydrogens is 466 g/mol. The molecule has 0 aromatic heterocycles. The molecule has 6 nitrogen and oxygen atoms in total. The fraction of sp³-hybridized carbons (Fsp3) is 0.125. The van der Waals surface area contributed by atoms with E-state index >= 15 is 0 Å². The molecule has 30 heavy (non-hydrogen) atoms. The van der Waals surface area contributed by atoms with Gasteiger partial charge < -0.3 is 8.37 Å². The molecule has 0 radical (unpaired) electrons. The fourth-order valence-corrected chi connectivity index (χ4v) is 3.53. The molecule has 0 amide bonds. The maximum absolute atomic E-state index is 12.8. The Morgan fingerprint density at radius 3 is 0.967 bits per heavy atom. The first-order valence-corrected chi connectivity index (χ1v) is 10.4. The Labute approximate surface area is 164 Å². The van der Waals surface area contributed by atoms with Crippen LogP contribution >= 0.6 is 0 Å². The molecule has 0 saturated carbocycles. The van der Waals surface area contributed by atoms with E-state index in [-0.39, 0.29) is 0 Å². The molecule has 0 unspecified atom stereocenters. The van der Waals surface area contributed by atoms with Gasteiger partial charge in [0.1, 0.15) is 0 Å². The number of hydrogen-bond donors (Lipinski definition) is 0. The lowest BCUT2D eigenvalue weighted by atomic mass is 10.0. The molecule has 162 valence electrons. The van der Waals surface area contributed by atoms with Gasteiger partial charge in [-0.15, -0.1) is 0 Å². The van der Waals surface area contributed by atoms with Crippen LogP contribution < -0.4 is 8.37 Å². The minimum absolute atomic E-state index is 0.420. The molecule has 3 aromatic carbocycles. The standard InChI is InChI=1S/C16H8F6O6S2/c17-15(18,19)29(23,24)27-13-9-5-1-2-6-10(9)14(12-8-4-3-7-11(12)13)28-30(25,26)16(20,21)22/h1-8H. The summed E-state index contributed by atoms with van der Waals surface area (Å²) in [5.41, 5.74) is -11.6. The summed E-state index contributed by atoms with van der Waals surface area (Å²) in [4.78, 5) is 0. The monoisotopic (exact) mass is 474 g/mol. The molecule has 0 spiro atoms. The maximum atomic E-state index is 12.8. The van der Waals surface area contributed by atoms with Gasteiger partial charge in [0.05, 0.1) is 0 Å². The van der Waals surface area contributed by atoms with E-state index in [9.17, 15) is 43.2 Å². The highest BCUT2D eigenvalue weighted by molar-refractivity contribution is 7.88. The second-order valence-corrected chi connectivity index (χ2v) is 8.79. The molecule has 0 N–H and O–H groups in total. The third-order valence-corrected chi connectivity index (χ3v) is 5.69. The van der Waals surface area contributed by atoms with Crippen LogP contribution in [0.5, 0.6) is 11.5 Å². The second kappa shape index (κ2) is 6.91. The Kier molecular flexibility index (Phi) is 5.05. The first-order chi connectivity index (χ1) is 13.7. The Bertz CT molecular complexity index is 1180. The van der Waals surface area contributed by atoms with Crippen molar-refractivity contribution in [3.63, 3.8) is 0 Å². The summed E-state index contributed by atoms with van der Waals surface area (Å²) in [5.74, 6) is -1.70. The summed E-state index contributed by atoms with van der Waals surface area (Å²) in [6.45, 7) is 0. The van der Waals surface area contributed by atoms with E-state index in [0.717, 1.165) is 24.3 Å². The maximum Gasteiger partial charge on any atom is 0.534 e. The molecule has 0 aliphatic carbocycles. The molecule has 0 aliphatic heterocycles. The highest BCUT2D eigenvalue weighted by atomic mass is 32.2. The van der Waals surface area contributed by atoms with Gasteiger partial charge in [0, 0.05) is 21.5 Å². The molecule has 0 bridgehead atoms. The van der Waals surface area contributed by atoms with E-state index in [4.69, 9.17) is 0 Å². The van der Waals surface area contributed by atoms with Gasteiger partial charge in [-0.05, 0) is 0 Å². The third kappa shape index (κ3) is 3.71. The SMILES string of the molecule is O=S(=O)(Oc1c2ccccc2c(OS(=O)(=O)C(F)(F)F)c2ccccc12)C(F)(F)F. The molecule has 0 fully saturated rings. The van der Waals surface area contributed by atoms with Gasteiger partial charge in [0.15, 0.2) is 11.5 Å². The Morgan fingerprint density at radius 1 is 0.533 bits per heavy atom. The minimum atomic E-state index is -6.14. The molecule has 14 heteroatoms. The average molecular weight is 474 g/mol. The van der Waals surface area contributed by atoms with Crippen LogP contribution in [0.4, 0.5) is 26.3 Å². The predicted molar refractivity (Wildman–Crippen MR) is 92.7 cm³/mol. The Balaban J connectivity index is 2.40. The van der Waals surface area contributed by atoms with Gasteiger partial charge in [-0.3, -0.25) is 0 Å². The lowest BCUT2D eigenvalue weighted by Gasteiger charge is -2.18. The molecule has 0 heterocycles. The van der Waals surface area contributed by atoms with Crippen LogP contribution in [-0.4, -0.2) is 27.9 Å². The van der Waals surface area contributed by atoms with Crippen molar-refractivity contribution >= 4 is 41.8 Å². The first-order valence-electron chi connectivity index (χ1n) is 7.61. The fourth-order valence-electron chi connectivity index (χ4n) is 2.54. The van der Waals surface area contributed by atoms with Gasteiger partial charge in [-0.1, -0.05) is 48.5 Å². The lowest BCUT2D eigenvalue weighted by molar-refractivity contribution is -0.0504. The average Bonchev–Trinajstić information content (AvgIpc) is 2.62. The van der Waals surface area contributed by atoms with Crippen molar-refractivity contribution in [2.45, 2.75) is 11.0 Å². The molecule has 3 rings (SSSR count). The summed E-state index contributed by atoms with van der Waals surface area (Å²) in [7, 11) is -12.3. The van der Waals surface area contributed by atoms with Crippen molar-refractivity contribution in [3.05, 3.63) is 48.5 Å². The third-order valence-electron chi connectivity index (χ3n) is 3.79. The highest BCUT2D eigenvalue weighted by Gasteiger charge is 2.50. The smallest absolute Gasteiger partial charge is 0.375 e. The van der Waals surface area contributed by atoms with Gasteiger partial charge in [0.25, 0.3) is 0 Å². The van der Waals surface area contributed by atoms with Gasteiger partial charge in [-0.2, -0.15) is 43.2 Å². The minimum Gasteiger partial charge on any atom is -0.375 e. The summed E-state index contributed by atoms with van der Waals surface area (Å²) in [5, 5.41) is -1.68. The molecule has 0 saturated heterocycles. The number of halogens is 6. The van der Waals surface area contributed by atoms with Crippen molar-refractivity contribution in [1.82, 2.24) is 0 Å². The van der Waals surface area contributed by atoms with Gasteiger partial charge >= 0.3 is 31.3 Å². The van der Waals surface area contributed by atoms with Crippen molar-refractivity contribution < 1.29 is 51.5 Å². The van der Waals surface area contributed by atoms with Gasteiger partial charge in [0.2, 0.25) is 0 Å². The van der Waals surface area contributed by atoms with Gasteiger partial charge in [-0.25, -0.2) is 0 Å². The number of fused-ring (bicyclic) bond motifs is 2. The van der Waals surface area contributed by atoms with Crippen LogP contribution in [0.15, 0.2) is 48.5 Å². The number of benzene rings is 3. The molecular formula is C16H8F6O6S2. The van der Waals surface area contributed by atoms with E-state index in [0.29, 0.717) is 0 Å². The predicted octanol–water partition coefficient (Wildman–Crippen LogP) is 4.45. The molecule has 0 atom stereocenters. The van der Waals surface area contributed by atoms with Crippen molar-refractivity contribution in [1.29, 1.82) is 0 Å². The van der Waals surface area contributed by atoms with Crippen LogP contribution in [0.3, 0.4) is 0 Å². The zero-order valence-electron chi connectivity index (χ0n) is 14.2. The summed E-state index contributed by atoms with van der Waals surface area (Å²) >= 11 is 0. The van der Waals surface area contributed by atoms with E-state index in [1.165, 1.54) is 24.3 Å². The van der Waals surface area contributed by atoms with Crippen LogP contribution in [0, 0.1) is 0 Å². The van der Waals surface area contributed by atoms with Crippen LogP contribution in [0.25, 0.3) is 21.5 Å². The Hall–Kier alpha value is -2.74. The van der Waals surface area contributed by atoms with E-state index in [2.05, 4.69) is 8.37 Å². The Morgan fingerprint density at radius 2 is 0.767 bits per heavy atom. The normalized spacial score (nSPS) is 13.5. The van der Waals surface area contributed by atoms with Crippen LogP contribution in [0.2, 0.25) is 0 Å². The van der Waals surface area contributed by atoms with Crippen LogP contribution in [0.1, 0.15) is 0 Å². The number of alkyl halides is 6. The summed E-state index contributed by atoms with van der Waals surface area (Å²) in [6, 6.07) is 9.06. The molecule has 0 aliphatic rings. The summed E-state index contributed by atoms with van der Waals surface area (Å²) < 4.78 is 132. The highest BCUT2D eigenvalue weighted by Crippen LogP contribution is 2.45. The first kappa shape index (κ1) is 22.0. The zero-order chi connectivity index (χ0) is 22.5. The van der Waals surface area contributed by atoms with Crippen LogP contribution in [-0.2, 0) is 20.2 Å². The quantitative estimate of drug-likeness (QED) is 0.240. The molecule has 3 aromatic rings. The number of hydrogen-bond acceptors (Lipinski definition) is 6. The van der Waals surface area contributed by atoms with E-state index < -0.39 is 64.3 Å². The lowest BCUT2D eigenvalue weighted by Crippen LogP contribution is -2.29. The summed E-state index contributed by atoms with van der Waals surface area (Å²) in [6.07, 6.45) is 0. The van der Waals surface area contributed by atoms with Crippen molar-refractivity contribution in [3.8, 4) is 11.5 Å².